The summed E-state index contributed by atoms with van der Waals surface area (Å²) in [6.07, 6.45) is 2.80. The van der Waals surface area contributed by atoms with Gasteiger partial charge in [-0.15, -0.1) is 0 Å². The molecule has 0 spiro atoms. The third-order valence-corrected chi connectivity index (χ3v) is 5.69. The molecule has 1 heterocycles. The zero-order valence-corrected chi connectivity index (χ0v) is 16.4. The second kappa shape index (κ2) is 9.07. The molecular weight excluding hydrogens is 394 g/mol. The van der Waals surface area contributed by atoms with Crippen molar-refractivity contribution < 1.29 is 22.4 Å². The van der Waals surface area contributed by atoms with Gasteiger partial charge in [0.2, 0.25) is 0 Å². The number of hydrogen-bond acceptors (Lipinski definition) is 6. The molecule has 1 aromatic heterocycles. The molecule has 0 bridgehead atoms. The number of ether oxygens (including phenoxy) is 1. The van der Waals surface area contributed by atoms with Crippen LogP contribution in [0.4, 0.5) is 5.69 Å². The Hall–Kier alpha value is -3.59. The number of amides is 1. The monoisotopic (exact) mass is 413 g/mol. The van der Waals surface area contributed by atoms with E-state index in [4.69, 9.17) is 9.15 Å². The summed E-state index contributed by atoms with van der Waals surface area (Å²) < 4.78 is 37.5. The summed E-state index contributed by atoms with van der Waals surface area (Å²) in [5, 5.41) is 3.78. The highest BCUT2D eigenvalue weighted by Gasteiger charge is 2.27. The molecule has 0 aliphatic carbocycles. The van der Waals surface area contributed by atoms with Gasteiger partial charge in [0.15, 0.2) is 0 Å². The number of rotatable bonds is 8. The number of carbonyl (C=O) groups is 1. The molecule has 0 radical (unpaired) electrons. The Morgan fingerprint density at radius 3 is 2.45 bits per heavy atom. The van der Waals surface area contributed by atoms with Crippen molar-refractivity contribution in [3.05, 3.63) is 78.8 Å². The number of anilines is 1. The second-order valence-electron chi connectivity index (χ2n) is 5.83. The van der Waals surface area contributed by atoms with Crippen LogP contribution in [-0.4, -0.2) is 34.2 Å². The molecule has 0 saturated carbocycles. The number of furan rings is 1. The highest BCUT2D eigenvalue weighted by atomic mass is 32.2. The molecule has 0 aliphatic rings. The minimum absolute atomic E-state index is 0.0361. The summed E-state index contributed by atoms with van der Waals surface area (Å²) in [6.45, 7) is -0.451. The van der Waals surface area contributed by atoms with E-state index in [1.807, 2.05) is 0 Å². The number of sulfonamides is 1. The van der Waals surface area contributed by atoms with Crippen LogP contribution in [-0.2, 0) is 14.8 Å². The second-order valence-corrected chi connectivity index (χ2v) is 7.69. The van der Waals surface area contributed by atoms with Crippen LogP contribution in [0.3, 0.4) is 0 Å². The first-order chi connectivity index (χ1) is 14.0. The first-order valence-corrected chi connectivity index (χ1v) is 10.0. The number of hydrogen-bond donors (Lipinski definition) is 1. The van der Waals surface area contributed by atoms with Crippen molar-refractivity contribution in [2.24, 2.45) is 5.10 Å². The van der Waals surface area contributed by atoms with Gasteiger partial charge in [-0.1, -0.05) is 18.2 Å². The number of nitrogens with one attached hydrogen (secondary N) is 1. The van der Waals surface area contributed by atoms with E-state index in [1.165, 1.54) is 31.7 Å². The van der Waals surface area contributed by atoms with Gasteiger partial charge in [-0.2, -0.15) is 5.10 Å². The van der Waals surface area contributed by atoms with Crippen molar-refractivity contribution in [1.82, 2.24) is 5.43 Å². The van der Waals surface area contributed by atoms with E-state index in [0.29, 0.717) is 17.2 Å². The zero-order chi connectivity index (χ0) is 20.7. The predicted molar refractivity (Wildman–Crippen MR) is 108 cm³/mol. The van der Waals surface area contributed by atoms with Gasteiger partial charge < -0.3 is 9.15 Å². The molecular formula is C20H19N3O5S. The summed E-state index contributed by atoms with van der Waals surface area (Å²) >= 11 is 0. The van der Waals surface area contributed by atoms with Gasteiger partial charge in [0.25, 0.3) is 15.9 Å². The smallest absolute Gasteiger partial charge is 0.264 e. The number of carbonyl (C=O) groups excluding carboxylic acids is 1. The maximum Gasteiger partial charge on any atom is 0.264 e. The van der Waals surface area contributed by atoms with Gasteiger partial charge in [0.05, 0.1) is 30.2 Å². The zero-order valence-electron chi connectivity index (χ0n) is 15.6. The molecule has 0 unspecified atom stereocenters. The molecule has 0 saturated heterocycles. The topological polar surface area (TPSA) is 101 Å². The summed E-state index contributed by atoms with van der Waals surface area (Å²) in [5.41, 5.74) is 2.66. The standard InChI is InChI=1S/C20H19N3O5S/c1-27-17-9-11-19(12-10-17)29(25,26)23(16-6-3-2-4-7-16)15-20(24)22-21-14-18-8-5-13-28-18/h2-14H,15H2,1H3,(H,22,24)/b21-14-. The van der Waals surface area contributed by atoms with E-state index in [1.54, 1.807) is 54.6 Å². The van der Waals surface area contributed by atoms with E-state index in [2.05, 4.69) is 10.5 Å². The lowest BCUT2D eigenvalue weighted by molar-refractivity contribution is -0.119. The van der Waals surface area contributed by atoms with Crippen molar-refractivity contribution >= 4 is 27.8 Å². The molecule has 1 amide bonds. The van der Waals surface area contributed by atoms with Crippen molar-refractivity contribution in [3.8, 4) is 5.75 Å². The average Bonchev–Trinajstić information content (AvgIpc) is 3.26. The Labute approximate surface area is 168 Å². The molecule has 0 aliphatic heterocycles. The fourth-order valence-corrected chi connectivity index (χ4v) is 3.90. The maximum atomic E-state index is 13.2. The quantitative estimate of drug-likeness (QED) is 0.452. The highest BCUT2D eigenvalue weighted by molar-refractivity contribution is 7.92. The molecule has 8 nitrogen and oxygen atoms in total. The normalized spacial score (nSPS) is 11.3. The summed E-state index contributed by atoms with van der Waals surface area (Å²) in [5.74, 6) is 0.380. The fraction of sp³-hybridized carbons (Fsp3) is 0.100. The third-order valence-electron chi connectivity index (χ3n) is 3.90. The highest BCUT2D eigenvalue weighted by Crippen LogP contribution is 2.24. The van der Waals surface area contributed by atoms with E-state index < -0.39 is 22.5 Å². The largest absolute Gasteiger partial charge is 0.497 e. The lowest BCUT2D eigenvalue weighted by atomic mass is 10.3. The van der Waals surface area contributed by atoms with Crippen LogP contribution in [0.15, 0.2) is 87.4 Å². The lowest BCUT2D eigenvalue weighted by Crippen LogP contribution is -2.39. The first-order valence-electron chi connectivity index (χ1n) is 8.58. The summed E-state index contributed by atoms with van der Waals surface area (Å²) in [4.78, 5) is 12.4. The molecule has 9 heteroatoms. The molecule has 0 fully saturated rings. The number of para-hydroxylation sites is 1. The average molecular weight is 413 g/mol. The molecule has 1 N–H and O–H groups in total. The van der Waals surface area contributed by atoms with Gasteiger partial charge in [-0.3, -0.25) is 9.10 Å². The lowest BCUT2D eigenvalue weighted by Gasteiger charge is -2.23. The summed E-state index contributed by atoms with van der Waals surface area (Å²) in [7, 11) is -2.50. The van der Waals surface area contributed by atoms with Gasteiger partial charge in [-0.05, 0) is 48.5 Å². The molecule has 29 heavy (non-hydrogen) atoms. The van der Waals surface area contributed by atoms with Crippen LogP contribution < -0.4 is 14.5 Å². The van der Waals surface area contributed by atoms with Crippen molar-refractivity contribution in [1.29, 1.82) is 0 Å². The van der Waals surface area contributed by atoms with Crippen molar-refractivity contribution in [2.75, 3.05) is 18.0 Å². The third kappa shape index (κ3) is 5.02. The van der Waals surface area contributed by atoms with Crippen LogP contribution in [0.2, 0.25) is 0 Å². The van der Waals surface area contributed by atoms with Crippen LogP contribution >= 0.6 is 0 Å². The number of hydrazone groups is 1. The summed E-state index contributed by atoms with van der Waals surface area (Å²) in [6, 6.07) is 17.7. The van der Waals surface area contributed by atoms with Crippen molar-refractivity contribution in [2.45, 2.75) is 4.90 Å². The minimum atomic E-state index is -4.00. The van der Waals surface area contributed by atoms with E-state index in [-0.39, 0.29) is 4.90 Å². The first kappa shape index (κ1) is 20.2. The van der Waals surface area contributed by atoms with E-state index in [0.717, 1.165) is 4.31 Å². The molecule has 0 atom stereocenters. The van der Waals surface area contributed by atoms with Gasteiger partial charge in [-0.25, -0.2) is 13.8 Å². The molecule has 3 aromatic rings. The van der Waals surface area contributed by atoms with E-state index in [9.17, 15) is 13.2 Å². The van der Waals surface area contributed by atoms with Crippen LogP contribution in [0, 0.1) is 0 Å². The molecule has 150 valence electrons. The Balaban J connectivity index is 1.83. The number of benzene rings is 2. The fourth-order valence-electron chi connectivity index (χ4n) is 2.48. The Morgan fingerprint density at radius 2 is 1.83 bits per heavy atom. The number of nitrogens with zero attached hydrogens (tertiary/aromatic N) is 2. The van der Waals surface area contributed by atoms with E-state index >= 15 is 0 Å². The number of methoxy groups -OCH3 is 1. The molecule has 3 rings (SSSR count). The van der Waals surface area contributed by atoms with Crippen LogP contribution in [0.1, 0.15) is 5.76 Å². The Kier molecular flexibility index (Phi) is 6.30. The maximum absolute atomic E-state index is 13.2. The minimum Gasteiger partial charge on any atom is -0.497 e. The van der Waals surface area contributed by atoms with Gasteiger partial charge in [0, 0.05) is 0 Å². The van der Waals surface area contributed by atoms with Gasteiger partial charge >= 0.3 is 0 Å². The Bertz CT molecular complexity index is 1060. The SMILES string of the molecule is COc1ccc(S(=O)(=O)N(CC(=O)N/N=C\c2ccco2)c2ccccc2)cc1. The Morgan fingerprint density at radius 1 is 1.10 bits per heavy atom. The van der Waals surface area contributed by atoms with Crippen molar-refractivity contribution in [3.63, 3.8) is 0 Å². The van der Waals surface area contributed by atoms with Crippen LogP contribution in [0.25, 0.3) is 0 Å². The predicted octanol–water partition coefficient (Wildman–Crippen LogP) is 2.63. The molecule has 2 aromatic carbocycles. The van der Waals surface area contributed by atoms with Gasteiger partial charge in [0.1, 0.15) is 18.1 Å². The van der Waals surface area contributed by atoms with Crippen LogP contribution in [0.5, 0.6) is 5.75 Å².